The zero-order valence-corrected chi connectivity index (χ0v) is 13.1. The molecule has 2 aromatic rings. The molecule has 0 unspecified atom stereocenters. The number of nitrogens with zero attached hydrogens (tertiary/aromatic N) is 1. The van der Waals surface area contributed by atoms with Crippen molar-refractivity contribution in [2.45, 2.75) is 26.5 Å². The quantitative estimate of drug-likeness (QED) is 0.871. The molecule has 0 bridgehead atoms. The van der Waals surface area contributed by atoms with Crippen LogP contribution >= 0.6 is 15.9 Å². The lowest BCUT2D eigenvalue weighted by Gasteiger charge is -2.13. The van der Waals surface area contributed by atoms with Gasteiger partial charge in [0, 0.05) is 11.0 Å². The molecule has 1 aromatic heterocycles. The van der Waals surface area contributed by atoms with E-state index >= 15 is 0 Å². The molecule has 0 amide bonds. The van der Waals surface area contributed by atoms with Gasteiger partial charge in [0.2, 0.25) is 5.88 Å². The number of hydrogen-bond acceptors (Lipinski definition) is 4. The highest BCUT2D eigenvalue weighted by molar-refractivity contribution is 9.10. The number of benzene rings is 1. The first-order chi connectivity index (χ1) is 9.54. The average molecular weight is 336 g/mol. The van der Waals surface area contributed by atoms with Crippen LogP contribution in [0.4, 0.5) is 11.5 Å². The third-order valence-electron chi connectivity index (χ3n) is 2.60. The summed E-state index contributed by atoms with van der Waals surface area (Å²) in [6.45, 7) is 4.59. The molecule has 0 saturated heterocycles. The van der Waals surface area contributed by atoms with E-state index in [4.69, 9.17) is 10.5 Å². The van der Waals surface area contributed by atoms with Gasteiger partial charge in [-0.15, -0.1) is 0 Å². The predicted molar refractivity (Wildman–Crippen MR) is 85.9 cm³/mol. The number of anilines is 2. The summed E-state index contributed by atoms with van der Waals surface area (Å²) in [6.07, 6.45) is 0.0464. The summed E-state index contributed by atoms with van der Waals surface area (Å²) >= 11 is 3.46. The summed E-state index contributed by atoms with van der Waals surface area (Å²) < 4.78 is 6.63. The Morgan fingerprint density at radius 2 is 2.10 bits per heavy atom. The zero-order chi connectivity index (χ0) is 14.5. The standard InChI is InChI=1S/C15H18BrN3O/c1-10(2)20-15-13(17)6-7-14(19-15)18-9-11-4-3-5-12(16)8-11/h3-8,10H,9,17H2,1-2H3,(H,18,19). The van der Waals surface area contributed by atoms with E-state index in [1.807, 2.05) is 32.0 Å². The maximum Gasteiger partial charge on any atom is 0.239 e. The molecule has 0 radical (unpaired) electrons. The molecule has 2 rings (SSSR count). The van der Waals surface area contributed by atoms with E-state index in [0.29, 0.717) is 18.1 Å². The van der Waals surface area contributed by atoms with Gasteiger partial charge in [-0.05, 0) is 43.7 Å². The summed E-state index contributed by atoms with van der Waals surface area (Å²) in [5.74, 6) is 1.22. The van der Waals surface area contributed by atoms with Crippen LogP contribution in [-0.4, -0.2) is 11.1 Å². The summed E-state index contributed by atoms with van der Waals surface area (Å²) in [5.41, 5.74) is 7.56. The second-order valence-corrected chi connectivity index (χ2v) is 5.66. The lowest BCUT2D eigenvalue weighted by atomic mass is 10.2. The molecule has 0 aliphatic heterocycles. The van der Waals surface area contributed by atoms with Crippen LogP contribution in [0.3, 0.4) is 0 Å². The molecule has 0 atom stereocenters. The second-order valence-electron chi connectivity index (χ2n) is 4.74. The van der Waals surface area contributed by atoms with Crippen LogP contribution < -0.4 is 15.8 Å². The first-order valence-corrected chi connectivity index (χ1v) is 7.25. The number of aromatic nitrogens is 1. The minimum atomic E-state index is 0.0464. The van der Waals surface area contributed by atoms with Crippen molar-refractivity contribution in [3.8, 4) is 5.88 Å². The van der Waals surface area contributed by atoms with Crippen molar-refractivity contribution >= 4 is 27.4 Å². The highest BCUT2D eigenvalue weighted by Gasteiger charge is 2.06. The molecule has 0 saturated carbocycles. The number of rotatable bonds is 5. The lowest BCUT2D eigenvalue weighted by Crippen LogP contribution is -2.10. The number of nitrogens with two attached hydrogens (primary N) is 1. The van der Waals surface area contributed by atoms with Crippen LogP contribution in [0.25, 0.3) is 0 Å². The Labute approximate surface area is 127 Å². The molecule has 0 aliphatic rings. The SMILES string of the molecule is CC(C)Oc1nc(NCc2cccc(Br)c2)ccc1N. The minimum Gasteiger partial charge on any atom is -0.473 e. The van der Waals surface area contributed by atoms with Crippen molar-refractivity contribution in [1.29, 1.82) is 0 Å². The molecule has 0 aliphatic carbocycles. The van der Waals surface area contributed by atoms with Gasteiger partial charge in [-0.1, -0.05) is 28.1 Å². The fraction of sp³-hybridized carbons (Fsp3) is 0.267. The van der Waals surface area contributed by atoms with Gasteiger partial charge in [-0.25, -0.2) is 0 Å². The number of hydrogen-bond donors (Lipinski definition) is 2. The van der Waals surface area contributed by atoms with E-state index in [1.54, 1.807) is 6.07 Å². The third-order valence-corrected chi connectivity index (χ3v) is 3.09. The van der Waals surface area contributed by atoms with Crippen LogP contribution in [0.15, 0.2) is 40.9 Å². The molecule has 0 spiro atoms. The Morgan fingerprint density at radius 3 is 2.80 bits per heavy atom. The van der Waals surface area contributed by atoms with Gasteiger partial charge < -0.3 is 15.8 Å². The van der Waals surface area contributed by atoms with Crippen LogP contribution in [0, 0.1) is 0 Å². The third kappa shape index (κ3) is 4.13. The average Bonchev–Trinajstić information content (AvgIpc) is 2.39. The molecule has 4 nitrogen and oxygen atoms in total. The summed E-state index contributed by atoms with van der Waals surface area (Å²) in [7, 11) is 0. The second kappa shape index (κ2) is 6.61. The van der Waals surface area contributed by atoms with Crippen LogP contribution in [0.5, 0.6) is 5.88 Å². The smallest absolute Gasteiger partial charge is 0.239 e. The summed E-state index contributed by atoms with van der Waals surface area (Å²) in [4.78, 5) is 4.38. The zero-order valence-electron chi connectivity index (χ0n) is 11.6. The van der Waals surface area contributed by atoms with E-state index in [9.17, 15) is 0 Å². The van der Waals surface area contributed by atoms with Gasteiger partial charge in [-0.2, -0.15) is 4.98 Å². The topological polar surface area (TPSA) is 60.2 Å². The molecule has 1 aromatic carbocycles. The number of nitrogen functional groups attached to an aromatic ring is 1. The molecule has 3 N–H and O–H groups in total. The van der Waals surface area contributed by atoms with Crippen LogP contribution in [0.2, 0.25) is 0 Å². The maximum absolute atomic E-state index is 5.84. The molecular formula is C15H18BrN3O. The largest absolute Gasteiger partial charge is 0.473 e. The summed E-state index contributed by atoms with van der Waals surface area (Å²) in [6, 6.07) is 11.8. The van der Waals surface area contributed by atoms with Gasteiger partial charge in [0.15, 0.2) is 0 Å². The van der Waals surface area contributed by atoms with Crippen molar-refractivity contribution in [2.75, 3.05) is 11.1 Å². The van der Waals surface area contributed by atoms with Crippen molar-refractivity contribution in [2.24, 2.45) is 0 Å². The van der Waals surface area contributed by atoms with E-state index in [2.05, 4.69) is 38.4 Å². The Balaban J connectivity index is 2.06. The highest BCUT2D eigenvalue weighted by Crippen LogP contribution is 2.22. The summed E-state index contributed by atoms with van der Waals surface area (Å²) in [5, 5.41) is 3.26. The minimum absolute atomic E-state index is 0.0464. The van der Waals surface area contributed by atoms with Crippen LogP contribution in [-0.2, 0) is 6.54 Å². The monoisotopic (exact) mass is 335 g/mol. The Morgan fingerprint density at radius 1 is 1.30 bits per heavy atom. The van der Waals surface area contributed by atoms with Gasteiger partial charge in [0.25, 0.3) is 0 Å². The van der Waals surface area contributed by atoms with E-state index < -0.39 is 0 Å². The van der Waals surface area contributed by atoms with Crippen LogP contribution in [0.1, 0.15) is 19.4 Å². The number of halogens is 1. The molecule has 20 heavy (non-hydrogen) atoms. The Hall–Kier alpha value is -1.75. The molecule has 106 valence electrons. The van der Waals surface area contributed by atoms with Crippen molar-refractivity contribution < 1.29 is 4.74 Å². The molecule has 5 heteroatoms. The van der Waals surface area contributed by atoms with Crippen molar-refractivity contribution in [3.63, 3.8) is 0 Å². The molecular weight excluding hydrogens is 318 g/mol. The van der Waals surface area contributed by atoms with Gasteiger partial charge >= 0.3 is 0 Å². The predicted octanol–water partition coefficient (Wildman–Crippen LogP) is 3.83. The fourth-order valence-electron chi connectivity index (χ4n) is 1.71. The number of ether oxygens (including phenoxy) is 1. The maximum atomic E-state index is 5.84. The molecule has 1 heterocycles. The van der Waals surface area contributed by atoms with Gasteiger partial charge in [0.1, 0.15) is 5.82 Å². The fourth-order valence-corrected chi connectivity index (χ4v) is 2.15. The van der Waals surface area contributed by atoms with E-state index in [1.165, 1.54) is 5.56 Å². The highest BCUT2D eigenvalue weighted by atomic mass is 79.9. The van der Waals surface area contributed by atoms with Gasteiger partial charge in [-0.3, -0.25) is 0 Å². The number of pyridine rings is 1. The first-order valence-electron chi connectivity index (χ1n) is 6.46. The van der Waals surface area contributed by atoms with Gasteiger partial charge in [0.05, 0.1) is 11.8 Å². The van der Waals surface area contributed by atoms with E-state index in [0.717, 1.165) is 10.3 Å². The van der Waals surface area contributed by atoms with Crippen molar-refractivity contribution in [1.82, 2.24) is 4.98 Å². The Bertz CT molecular complexity index is 587. The number of nitrogens with one attached hydrogen (secondary N) is 1. The van der Waals surface area contributed by atoms with Crippen molar-refractivity contribution in [3.05, 3.63) is 46.4 Å². The first kappa shape index (κ1) is 14.7. The molecule has 0 fully saturated rings. The van der Waals surface area contributed by atoms with E-state index in [-0.39, 0.29) is 6.10 Å². The lowest BCUT2D eigenvalue weighted by molar-refractivity contribution is 0.234. The normalized spacial score (nSPS) is 10.6. The Kier molecular flexibility index (Phi) is 4.84.